The summed E-state index contributed by atoms with van der Waals surface area (Å²) in [5.74, 6) is 0. The lowest BCUT2D eigenvalue weighted by Crippen LogP contribution is -2.16. The van der Waals surface area contributed by atoms with Crippen molar-refractivity contribution >= 4 is 11.8 Å². The molecule has 0 atom stereocenters. The smallest absolute Gasteiger partial charge is 0.411 e. The Morgan fingerprint density at radius 3 is 2.86 bits per heavy atom. The van der Waals surface area contributed by atoms with Gasteiger partial charge in [-0.15, -0.1) is 0 Å². The van der Waals surface area contributed by atoms with Crippen molar-refractivity contribution in [3.05, 3.63) is 29.8 Å². The summed E-state index contributed by atoms with van der Waals surface area (Å²) in [6.07, 6.45) is -0.548. The molecule has 4 heteroatoms. The Bertz CT molecular complexity index is 312. The third-order valence-electron chi connectivity index (χ3n) is 1.71. The molecule has 1 rings (SSSR count). The molecule has 2 N–H and O–H groups in total. The molecule has 0 saturated carbocycles. The molecule has 0 aliphatic carbocycles. The molecule has 0 bridgehead atoms. The SMILES string of the molecule is Cc1ccccc1NC(=O)OCCO. The van der Waals surface area contributed by atoms with E-state index in [1.165, 1.54) is 0 Å². The Hall–Kier alpha value is -1.55. The largest absolute Gasteiger partial charge is 0.447 e. The number of aryl methyl sites for hydroxylation is 1. The van der Waals surface area contributed by atoms with Gasteiger partial charge in [0, 0.05) is 5.69 Å². The molecule has 0 aliphatic heterocycles. The van der Waals surface area contributed by atoms with E-state index in [-0.39, 0.29) is 13.2 Å². The monoisotopic (exact) mass is 195 g/mol. The first-order chi connectivity index (χ1) is 6.74. The van der Waals surface area contributed by atoms with Gasteiger partial charge < -0.3 is 9.84 Å². The van der Waals surface area contributed by atoms with E-state index in [1.54, 1.807) is 6.07 Å². The molecular formula is C10H13NO3. The van der Waals surface area contributed by atoms with Crippen molar-refractivity contribution < 1.29 is 14.6 Å². The summed E-state index contributed by atoms with van der Waals surface area (Å²) in [6, 6.07) is 7.39. The molecule has 0 spiro atoms. The van der Waals surface area contributed by atoms with E-state index in [0.29, 0.717) is 0 Å². The van der Waals surface area contributed by atoms with Crippen LogP contribution in [-0.2, 0) is 4.74 Å². The summed E-state index contributed by atoms with van der Waals surface area (Å²) in [6.45, 7) is 1.74. The lowest BCUT2D eigenvalue weighted by Gasteiger charge is -2.07. The highest BCUT2D eigenvalue weighted by Crippen LogP contribution is 2.12. The van der Waals surface area contributed by atoms with E-state index in [0.717, 1.165) is 11.3 Å². The molecule has 0 heterocycles. The van der Waals surface area contributed by atoms with Crippen LogP contribution in [0.5, 0.6) is 0 Å². The molecule has 76 valence electrons. The topological polar surface area (TPSA) is 58.6 Å². The number of anilines is 1. The number of aliphatic hydroxyl groups is 1. The fourth-order valence-electron chi connectivity index (χ4n) is 0.998. The molecule has 1 aromatic rings. The summed E-state index contributed by atoms with van der Waals surface area (Å²) in [5.41, 5.74) is 1.68. The van der Waals surface area contributed by atoms with Crippen LogP contribution in [0.25, 0.3) is 0 Å². The predicted molar refractivity (Wildman–Crippen MR) is 53.2 cm³/mol. The second-order valence-corrected chi connectivity index (χ2v) is 2.80. The van der Waals surface area contributed by atoms with Gasteiger partial charge in [-0.2, -0.15) is 0 Å². The average molecular weight is 195 g/mol. The number of hydrogen-bond acceptors (Lipinski definition) is 3. The third kappa shape index (κ3) is 3.06. The van der Waals surface area contributed by atoms with Gasteiger partial charge >= 0.3 is 6.09 Å². The highest BCUT2D eigenvalue weighted by Gasteiger charge is 2.03. The maximum atomic E-state index is 11.1. The second kappa shape index (κ2) is 5.24. The number of aliphatic hydroxyl groups excluding tert-OH is 1. The summed E-state index contributed by atoms with van der Waals surface area (Å²) in [4.78, 5) is 11.1. The minimum atomic E-state index is -0.548. The van der Waals surface area contributed by atoms with E-state index in [2.05, 4.69) is 10.1 Å². The van der Waals surface area contributed by atoms with Crippen LogP contribution in [0.15, 0.2) is 24.3 Å². The van der Waals surface area contributed by atoms with E-state index >= 15 is 0 Å². The summed E-state index contributed by atoms with van der Waals surface area (Å²) < 4.78 is 4.65. The van der Waals surface area contributed by atoms with Gasteiger partial charge in [0.15, 0.2) is 0 Å². The Balaban J connectivity index is 2.52. The van der Waals surface area contributed by atoms with Crippen LogP contribution in [0.4, 0.5) is 10.5 Å². The minimum Gasteiger partial charge on any atom is -0.447 e. The van der Waals surface area contributed by atoms with Crippen LogP contribution in [0, 0.1) is 6.92 Å². The Morgan fingerprint density at radius 1 is 1.50 bits per heavy atom. The normalized spacial score (nSPS) is 9.57. The Labute approximate surface area is 82.5 Å². The molecule has 14 heavy (non-hydrogen) atoms. The number of benzene rings is 1. The molecule has 0 radical (unpaired) electrons. The first kappa shape index (κ1) is 10.5. The van der Waals surface area contributed by atoms with E-state index in [4.69, 9.17) is 5.11 Å². The van der Waals surface area contributed by atoms with Crippen molar-refractivity contribution in [1.82, 2.24) is 0 Å². The number of carbonyl (C=O) groups is 1. The van der Waals surface area contributed by atoms with Crippen molar-refractivity contribution in [2.75, 3.05) is 18.5 Å². The summed E-state index contributed by atoms with van der Waals surface area (Å²) >= 11 is 0. The zero-order chi connectivity index (χ0) is 10.4. The standard InChI is InChI=1S/C10H13NO3/c1-8-4-2-3-5-9(8)11-10(13)14-7-6-12/h2-5,12H,6-7H2,1H3,(H,11,13). The van der Waals surface area contributed by atoms with Gasteiger partial charge in [-0.25, -0.2) is 4.79 Å². The Kier molecular flexibility index (Phi) is 3.94. The summed E-state index contributed by atoms with van der Waals surface area (Å²) in [5, 5.41) is 11.0. The molecule has 0 aromatic heterocycles. The van der Waals surface area contributed by atoms with Crippen LogP contribution in [-0.4, -0.2) is 24.4 Å². The van der Waals surface area contributed by atoms with Crippen LogP contribution in [0.3, 0.4) is 0 Å². The van der Waals surface area contributed by atoms with Crippen molar-refractivity contribution in [1.29, 1.82) is 0 Å². The molecule has 4 nitrogen and oxygen atoms in total. The number of nitrogens with one attached hydrogen (secondary N) is 1. The second-order valence-electron chi connectivity index (χ2n) is 2.80. The molecule has 0 fully saturated rings. The van der Waals surface area contributed by atoms with Crippen LogP contribution >= 0.6 is 0 Å². The molecule has 0 unspecified atom stereocenters. The third-order valence-corrected chi connectivity index (χ3v) is 1.71. The minimum absolute atomic E-state index is 0.0116. The molecule has 0 saturated heterocycles. The van der Waals surface area contributed by atoms with E-state index in [9.17, 15) is 4.79 Å². The predicted octanol–water partition coefficient (Wildman–Crippen LogP) is 1.54. The fraction of sp³-hybridized carbons (Fsp3) is 0.300. The van der Waals surface area contributed by atoms with Crippen LogP contribution in [0.2, 0.25) is 0 Å². The average Bonchev–Trinajstić information content (AvgIpc) is 2.18. The first-order valence-electron chi connectivity index (χ1n) is 4.34. The van der Waals surface area contributed by atoms with E-state index < -0.39 is 6.09 Å². The quantitative estimate of drug-likeness (QED) is 0.769. The highest BCUT2D eigenvalue weighted by atomic mass is 16.6. The number of ether oxygens (including phenoxy) is 1. The lowest BCUT2D eigenvalue weighted by atomic mass is 10.2. The fourth-order valence-corrected chi connectivity index (χ4v) is 0.998. The van der Waals surface area contributed by atoms with Gasteiger partial charge in [-0.3, -0.25) is 5.32 Å². The zero-order valence-corrected chi connectivity index (χ0v) is 7.99. The molecule has 1 aromatic carbocycles. The maximum absolute atomic E-state index is 11.1. The number of carbonyl (C=O) groups excluding carboxylic acids is 1. The number of rotatable bonds is 3. The van der Waals surface area contributed by atoms with Gasteiger partial charge in [0.2, 0.25) is 0 Å². The summed E-state index contributed by atoms with van der Waals surface area (Å²) in [7, 11) is 0. The van der Waals surface area contributed by atoms with Gasteiger partial charge in [-0.1, -0.05) is 18.2 Å². The van der Waals surface area contributed by atoms with Crippen molar-refractivity contribution in [3.63, 3.8) is 0 Å². The van der Waals surface area contributed by atoms with Gasteiger partial charge in [0.1, 0.15) is 6.61 Å². The Morgan fingerprint density at radius 2 is 2.21 bits per heavy atom. The maximum Gasteiger partial charge on any atom is 0.411 e. The van der Waals surface area contributed by atoms with Crippen molar-refractivity contribution in [3.8, 4) is 0 Å². The van der Waals surface area contributed by atoms with E-state index in [1.807, 2.05) is 25.1 Å². The lowest BCUT2D eigenvalue weighted by molar-refractivity contribution is 0.131. The molecule has 0 aliphatic rings. The van der Waals surface area contributed by atoms with Crippen LogP contribution < -0.4 is 5.32 Å². The van der Waals surface area contributed by atoms with Gasteiger partial charge in [-0.05, 0) is 18.6 Å². The molecule has 1 amide bonds. The van der Waals surface area contributed by atoms with Crippen molar-refractivity contribution in [2.24, 2.45) is 0 Å². The molecular weight excluding hydrogens is 182 g/mol. The number of amides is 1. The number of hydrogen-bond donors (Lipinski definition) is 2. The first-order valence-corrected chi connectivity index (χ1v) is 4.34. The van der Waals surface area contributed by atoms with Crippen LogP contribution in [0.1, 0.15) is 5.56 Å². The number of para-hydroxylation sites is 1. The van der Waals surface area contributed by atoms with Gasteiger partial charge in [0.25, 0.3) is 0 Å². The van der Waals surface area contributed by atoms with Crippen molar-refractivity contribution in [2.45, 2.75) is 6.92 Å². The van der Waals surface area contributed by atoms with Gasteiger partial charge in [0.05, 0.1) is 6.61 Å². The highest BCUT2D eigenvalue weighted by molar-refractivity contribution is 5.85. The zero-order valence-electron chi connectivity index (χ0n) is 7.99.